The molecule has 3 rings (SSSR count). The number of amides is 1. The molecule has 0 radical (unpaired) electrons. The molecule has 6 nitrogen and oxygen atoms in total. The Morgan fingerprint density at radius 2 is 2.04 bits per heavy atom. The Morgan fingerprint density at radius 3 is 2.77 bits per heavy atom. The third kappa shape index (κ3) is 4.94. The van der Waals surface area contributed by atoms with Gasteiger partial charge in [0, 0.05) is 31.3 Å². The van der Waals surface area contributed by atoms with Crippen molar-refractivity contribution >= 4 is 12.0 Å². The van der Waals surface area contributed by atoms with Crippen molar-refractivity contribution in [2.24, 2.45) is 0 Å². The Bertz CT molecular complexity index is 756. The van der Waals surface area contributed by atoms with Crippen molar-refractivity contribution in [3.8, 4) is 0 Å². The van der Waals surface area contributed by atoms with Crippen LogP contribution in [0.5, 0.6) is 0 Å². The third-order valence-corrected chi connectivity index (χ3v) is 4.13. The number of anilines is 1. The molecular weight excluding hydrogens is 328 g/mol. The first kappa shape index (κ1) is 18.2. The van der Waals surface area contributed by atoms with E-state index in [2.05, 4.69) is 27.4 Å². The van der Waals surface area contributed by atoms with E-state index in [-0.39, 0.29) is 6.09 Å². The van der Waals surface area contributed by atoms with Gasteiger partial charge in [-0.1, -0.05) is 30.3 Å². The van der Waals surface area contributed by atoms with Gasteiger partial charge in [-0.15, -0.1) is 0 Å². The van der Waals surface area contributed by atoms with E-state index in [1.165, 1.54) is 5.56 Å². The first-order chi connectivity index (χ1) is 12.4. The number of fused-ring (bicyclic) bond motifs is 1. The minimum absolute atomic E-state index is 0.284. The second-order valence-corrected chi connectivity index (χ2v) is 7.48. The SMILES string of the molecule is CC(C)(C)OC(=O)N1CCc2nc(NCCc3ccccc3)ncc2C1. The molecule has 0 saturated heterocycles. The van der Waals surface area contributed by atoms with E-state index >= 15 is 0 Å². The Hall–Kier alpha value is -2.63. The van der Waals surface area contributed by atoms with Gasteiger partial charge in [0.15, 0.2) is 0 Å². The van der Waals surface area contributed by atoms with Gasteiger partial charge in [0.1, 0.15) is 5.60 Å². The molecule has 0 unspecified atom stereocenters. The molecule has 1 aromatic heterocycles. The van der Waals surface area contributed by atoms with Gasteiger partial charge >= 0.3 is 6.09 Å². The number of carbonyl (C=O) groups excluding carboxylic acids is 1. The fraction of sp³-hybridized carbons (Fsp3) is 0.450. The Morgan fingerprint density at radius 1 is 1.27 bits per heavy atom. The number of nitrogens with zero attached hydrogens (tertiary/aromatic N) is 3. The van der Waals surface area contributed by atoms with Crippen LogP contribution >= 0.6 is 0 Å². The van der Waals surface area contributed by atoms with E-state index in [0.29, 0.717) is 25.5 Å². The summed E-state index contributed by atoms with van der Waals surface area (Å²) in [5.74, 6) is 0.644. The zero-order valence-corrected chi connectivity index (χ0v) is 15.7. The monoisotopic (exact) mass is 354 g/mol. The minimum atomic E-state index is -0.486. The van der Waals surface area contributed by atoms with E-state index in [1.54, 1.807) is 4.90 Å². The topological polar surface area (TPSA) is 67.3 Å². The summed E-state index contributed by atoms with van der Waals surface area (Å²) in [5, 5.41) is 3.28. The van der Waals surface area contributed by atoms with Gasteiger partial charge in [0.05, 0.1) is 12.2 Å². The van der Waals surface area contributed by atoms with Crippen molar-refractivity contribution < 1.29 is 9.53 Å². The summed E-state index contributed by atoms with van der Waals surface area (Å²) in [6.07, 6.45) is 3.16. The first-order valence-electron chi connectivity index (χ1n) is 9.01. The molecule has 1 N–H and O–H groups in total. The Kier molecular flexibility index (Phi) is 5.40. The number of benzene rings is 1. The predicted octanol–water partition coefficient (Wildman–Crippen LogP) is 3.42. The van der Waals surface area contributed by atoms with E-state index < -0.39 is 5.60 Å². The molecule has 0 aliphatic carbocycles. The van der Waals surface area contributed by atoms with Crippen molar-refractivity contribution in [1.82, 2.24) is 14.9 Å². The van der Waals surface area contributed by atoms with Gasteiger partial charge in [0.2, 0.25) is 5.95 Å². The fourth-order valence-electron chi connectivity index (χ4n) is 2.85. The molecule has 1 amide bonds. The zero-order valence-electron chi connectivity index (χ0n) is 15.7. The Balaban J connectivity index is 1.56. The molecule has 1 aromatic carbocycles. The van der Waals surface area contributed by atoms with Crippen molar-refractivity contribution in [1.29, 1.82) is 0 Å². The molecule has 0 bridgehead atoms. The van der Waals surface area contributed by atoms with Gasteiger partial charge < -0.3 is 15.0 Å². The normalized spacial score (nSPS) is 13.9. The Labute approximate surface area is 154 Å². The van der Waals surface area contributed by atoms with E-state index in [9.17, 15) is 4.79 Å². The van der Waals surface area contributed by atoms with Gasteiger partial charge in [-0.3, -0.25) is 0 Å². The molecule has 1 aliphatic rings. The predicted molar refractivity (Wildman–Crippen MR) is 101 cm³/mol. The lowest BCUT2D eigenvalue weighted by Gasteiger charge is -2.30. The summed E-state index contributed by atoms with van der Waals surface area (Å²) in [5.41, 5.74) is 2.78. The number of nitrogens with one attached hydrogen (secondary N) is 1. The highest BCUT2D eigenvalue weighted by molar-refractivity contribution is 5.68. The van der Waals surface area contributed by atoms with Crippen LogP contribution in [0.15, 0.2) is 36.5 Å². The van der Waals surface area contributed by atoms with Crippen molar-refractivity contribution in [3.05, 3.63) is 53.3 Å². The molecule has 0 fully saturated rings. The number of rotatable bonds is 4. The summed E-state index contributed by atoms with van der Waals surface area (Å²) in [4.78, 5) is 22.9. The number of hydrogen-bond acceptors (Lipinski definition) is 5. The standard InChI is InChI=1S/C20H26N4O2/c1-20(2,3)26-19(25)24-12-10-17-16(14-24)13-22-18(23-17)21-11-9-15-7-5-4-6-8-15/h4-8,13H,9-12,14H2,1-3H3,(H,21,22,23). The molecule has 138 valence electrons. The van der Waals surface area contributed by atoms with Crippen LogP contribution < -0.4 is 5.32 Å². The summed E-state index contributed by atoms with van der Waals surface area (Å²) in [6.45, 7) is 7.52. The molecule has 26 heavy (non-hydrogen) atoms. The smallest absolute Gasteiger partial charge is 0.410 e. The lowest BCUT2D eigenvalue weighted by Crippen LogP contribution is -2.40. The molecular formula is C20H26N4O2. The highest BCUT2D eigenvalue weighted by atomic mass is 16.6. The quantitative estimate of drug-likeness (QED) is 0.911. The third-order valence-electron chi connectivity index (χ3n) is 4.13. The van der Waals surface area contributed by atoms with Crippen LogP contribution in [0.1, 0.15) is 37.6 Å². The first-order valence-corrected chi connectivity index (χ1v) is 9.01. The van der Waals surface area contributed by atoms with Crippen molar-refractivity contribution in [2.45, 2.75) is 45.8 Å². The van der Waals surface area contributed by atoms with Gasteiger partial charge in [-0.05, 0) is 32.8 Å². The summed E-state index contributed by atoms with van der Waals surface area (Å²) < 4.78 is 5.44. The average molecular weight is 354 g/mol. The summed E-state index contributed by atoms with van der Waals surface area (Å²) in [7, 11) is 0. The van der Waals surface area contributed by atoms with Gasteiger partial charge in [0.25, 0.3) is 0 Å². The van der Waals surface area contributed by atoms with Crippen LogP contribution in [0.2, 0.25) is 0 Å². The van der Waals surface area contributed by atoms with Crippen molar-refractivity contribution in [2.75, 3.05) is 18.4 Å². The molecule has 0 saturated carbocycles. The van der Waals surface area contributed by atoms with Gasteiger partial charge in [-0.2, -0.15) is 0 Å². The minimum Gasteiger partial charge on any atom is -0.444 e. The van der Waals surface area contributed by atoms with Crippen LogP contribution in [0, 0.1) is 0 Å². The molecule has 6 heteroatoms. The van der Waals surface area contributed by atoms with Crippen LogP contribution in [0.3, 0.4) is 0 Å². The molecule has 2 heterocycles. The maximum atomic E-state index is 12.2. The van der Waals surface area contributed by atoms with Crippen LogP contribution in [-0.2, 0) is 24.1 Å². The maximum absolute atomic E-state index is 12.2. The summed E-state index contributed by atoms with van der Waals surface area (Å²) in [6, 6.07) is 10.3. The molecule has 2 aromatic rings. The lowest BCUT2D eigenvalue weighted by molar-refractivity contribution is 0.0222. The lowest BCUT2D eigenvalue weighted by atomic mass is 10.1. The number of aromatic nitrogens is 2. The van der Waals surface area contributed by atoms with E-state index in [4.69, 9.17) is 4.74 Å². The van der Waals surface area contributed by atoms with E-state index in [1.807, 2.05) is 45.2 Å². The number of hydrogen-bond donors (Lipinski definition) is 1. The van der Waals surface area contributed by atoms with Crippen LogP contribution in [0.25, 0.3) is 0 Å². The zero-order chi connectivity index (χ0) is 18.6. The summed E-state index contributed by atoms with van der Waals surface area (Å²) >= 11 is 0. The van der Waals surface area contributed by atoms with E-state index in [0.717, 1.165) is 24.2 Å². The highest BCUT2D eigenvalue weighted by Crippen LogP contribution is 2.20. The second-order valence-electron chi connectivity index (χ2n) is 7.48. The number of ether oxygens (including phenoxy) is 1. The second kappa shape index (κ2) is 7.72. The maximum Gasteiger partial charge on any atom is 0.410 e. The number of carbonyl (C=O) groups is 1. The molecule has 1 aliphatic heterocycles. The average Bonchev–Trinajstić information content (AvgIpc) is 2.60. The van der Waals surface area contributed by atoms with Gasteiger partial charge in [-0.25, -0.2) is 14.8 Å². The highest BCUT2D eigenvalue weighted by Gasteiger charge is 2.26. The van der Waals surface area contributed by atoms with Crippen LogP contribution in [0.4, 0.5) is 10.7 Å². The largest absolute Gasteiger partial charge is 0.444 e. The van der Waals surface area contributed by atoms with Crippen molar-refractivity contribution in [3.63, 3.8) is 0 Å². The molecule has 0 atom stereocenters. The fourth-order valence-corrected chi connectivity index (χ4v) is 2.85. The molecule has 0 spiro atoms. The van der Waals surface area contributed by atoms with Crippen LogP contribution in [-0.4, -0.2) is 39.7 Å².